The van der Waals surface area contributed by atoms with E-state index in [9.17, 15) is 5.26 Å². The lowest BCUT2D eigenvalue weighted by Gasteiger charge is -2.42. The number of hydrogen-bond acceptors (Lipinski definition) is 3. The van der Waals surface area contributed by atoms with Crippen LogP contribution < -0.4 is 5.32 Å². The molecule has 0 spiro atoms. The van der Waals surface area contributed by atoms with Crippen LogP contribution in [-0.2, 0) is 0 Å². The Bertz CT molecular complexity index is 263. The first-order valence-electron chi connectivity index (χ1n) is 6.64. The molecule has 3 heteroatoms. The minimum atomic E-state index is -0.149. The van der Waals surface area contributed by atoms with Gasteiger partial charge in [-0.2, -0.15) is 5.26 Å². The number of rotatable bonds is 1. The second-order valence-electron chi connectivity index (χ2n) is 5.44. The van der Waals surface area contributed by atoms with E-state index in [0.29, 0.717) is 5.92 Å². The Labute approximate surface area is 98.8 Å². The first-order chi connectivity index (χ1) is 7.77. The van der Waals surface area contributed by atoms with Gasteiger partial charge in [0.2, 0.25) is 0 Å². The van der Waals surface area contributed by atoms with Gasteiger partial charge in [0.1, 0.15) is 5.54 Å². The standard InChI is InChI=1S/C13H23N3/c1-12-4-2-5-13(10-12,11-14)16-8-3-6-15-7-9-16/h12,15H,2-10H2,1H3. The van der Waals surface area contributed by atoms with Crippen LogP contribution in [0.1, 0.15) is 39.0 Å². The molecular formula is C13H23N3. The second kappa shape index (κ2) is 5.16. The molecule has 1 N–H and O–H groups in total. The van der Waals surface area contributed by atoms with E-state index in [-0.39, 0.29) is 5.54 Å². The Hall–Kier alpha value is -0.590. The van der Waals surface area contributed by atoms with Gasteiger partial charge in [0.15, 0.2) is 0 Å². The summed E-state index contributed by atoms with van der Waals surface area (Å²) in [6.07, 6.45) is 5.85. The molecule has 0 amide bonds. The van der Waals surface area contributed by atoms with Crippen LogP contribution in [0, 0.1) is 17.2 Å². The minimum absolute atomic E-state index is 0.149. The minimum Gasteiger partial charge on any atom is -0.315 e. The van der Waals surface area contributed by atoms with E-state index in [1.807, 2.05) is 0 Å². The summed E-state index contributed by atoms with van der Waals surface area (Å²) >= 11 is 0. The number of nitrogens with zero attached hydrogens (tertiary/aromatic N) is 2. The molecule has 2 atom stereocenters. The average Bonchev–Trinajstić information content (AvgIpc) is 2.57. The Morgan fingerprint density at radius 3 is 2.94 bits per heavy atom. The first kappa shape index (κ1) is 11.9. The molecule has 2 unspecified atom stereocenters. The van der Waals surface area contributed by atoms with Crippen molar-refractivity contribution in [3.63, 3.8) is 0 Å². The van der Waals surface area contributed by atoms with E-state index in [2.05, 4.69) is 23.2 Å². The highest BCUT2D eigenvalue weighted by Gasteiger charge is 2.40. The summed E-state index contributed by atoms with van der Waals surface area (Å²) in [5.41, 5.74) is -0.149. The molecule has 90 valence electrons. The van der Waals surface area contributed by atoms with Crippen molar-refractivity contribution in [3.8, 4) is 6.07 Å². The fourth-order valence-electron chi connectivity index (χ4n) is 3.26. The molecule has 1 saturated heterocycles. The number of hydrogen-bond donors (Lipinski definition) is 1. The van der Waals surface area contributed by atoms with Crippen LogP contribution in [0.15, 0.2) is 0 Å². The predicted molar refractivity (Wildman–Crippen MR) is 65.0 cm³/mol. The topological polar surface area (TPSA) is 39.1 Å². The Balaban J connectivity index is 2.09. The fourth-order valence-corrected chi connectivity index (χ4v) is 3.26. The summed E-state index contributed by atoms with van der Waals surface area (Å²) in [5.74, 6) is 0.713. The van der Waals surface area contributed by atoms with Crippen molar-refractivity contribution in [2.75, 3.05) is 26.2 Å². The fraction of sp³-hybridized carbons (Fsp3) is 0.923. The maximum absolute atomic E-state index is 9.59. The Morgan fingerprint density at radius 2 is 2.19 bits per heavy atom. The molecule has 0 radical (unpaired) electrons. The molecule has 0 bridgehead atoms. The van der Waals surface area contributed by atoms with E-state index in [0.717, 1.165) is 39.0 Å². The third-order valence-electron chi connectivity index (χ3n) is 4.13. The van der Waals surface area contributed by atoms with Gasteiger partial charge in [0.05, 0.1) is 6.07 Å². The quantitative estimate of drug-likeness (QED) is 0.733. The lowest BCUT2D eigenvalue weighted by atomic mass is 9.76. The van der Waals surface area contributed by atoms with Gasteiger partial charge in [-0.1, -0.05) is 19.8 Å². The van der Waals surface area contributed by atoms with E-state index < -0.39 is 0 Å². The SMILES string of the molecule is CC1CCCC(C#N)(N2CCCNCC2)C1. The Kier molecular flexibility index (Phi) is 3.83. The molecule has 0 aromatic carbocycles. The zero-order valence-corrected chi connectivity index (χ0v) is 10.3. The normalized spacial score (nSPS) is 37.6. The van der Waals surface area contributed by atoms with E-state index in [1.165, 1.54) is 19.3 Å². The lowest BCUT2D eigenvalue weighted by molar-refractivity contribution is 0.0843. The van der Waals surface area contributed by atoms with Crippen LogP contribution in [0.4, 0.5) is 0 Å². The van der Waals surface area contributed by atoms with Gasteiger partial charge in [-0.25, -0.2) is 0 Å². The molecule has 1 aliphatic heterocycles. The van der Waals surface area contributed by atoms with Crippen molar-refractivity contribution in [3.05, 3.63) is 0 Å². The summed E-state index contributed by atoms with van der Waals surface area (Å²) < 4.78 is 0. The zero-order valence-electron chi connectivity index (χ0n) is 10.3. The third kappa shape index (κ3) is 2.39. The largest absolute Gasteiger partial charge is 0.315 e. The molecule has 1 aliphatic carbocycles. The highest BCUT2D eigenvalue weighted by Crippen LogP contribution is 2.36. The van der Waals surface area contributed by atoms with Crippen LogP contribution in [-0.4, -0.2) is 36.6 Å². The summed E-state index contributed by atoms with van der Waals surface area (Å²) in [7, 11) is 0. The van der Waals surface area contributed by atoms with Crippen LogP contribution in [0.3, 0.4) is 0 Å². The van der Waals surface area contributed by atoms with Crippen LogP contribution in [0.25, 0.3) is 0 Å². The van der Waals surface area contributed by atoms with Gasteiger partial charge in [0.25, 0.3) is 0 Å². The molecule has 2 aliphatic rings. The first-order valence-corrected chi connectivity index (χ1v) is 6.64. The van der Waals surface area contributed by atoms with Crippen molar-refractivity contribution in [2.24, 2.45) is 5.92 Å². The molecule has 0 aromatic heterocycles. The predicted octanol–water partition coefficient (Wildman–Crippen LogP) is 1.75. The van der Waals surface area contributed by atoms with Crippen molar-refractivity contribution < 1.29 is 0 Å². The van der Waals surface area contributed by atoms with Crippen molar-refractivity contribution in [1.29, 1.82) is 5.26 Å². The van der Waals surface area contributed by atoms with Gasteiger partial charge in [-0.3, -0.25) is 4.90 Å². The molecule has 2 fully saturated rings. The second-order valence-corrected chi connectivity index (χ2v) is 5.44. The summed E-state index contributed by atoms with van der Waals surface area (Å²) in [5, 5.41) is 13.0. The van der Waals surface area contributed by atoms with E-state index >= 15 is 0 Å². The zero-order chi connectivity index (χ0) is 11.4. The van der Waals surface area contributed by atoms with Crippen molar-refractivity contribution in [1.82, 2.24) is 10.2 Å². The van der Waals surface area contributed by atoms with Gasteiger partial charge in [-0.05, 0) is 31.7 Å². The molecule has 2 rings (SSSR count). The monoisotopic (exact) mass is 221 g/mol. The smallest absolute Gasteiger partial charge is 0.109 e. The van der Waals surface area contributed by atoms with Crippen LogP contribution in [0.2, 0.25) is 0 Å². The summed E-state index contributed by atoms with van der Waals surface area (Å²) in [6, 6.07) is 2.64. The lowest BCUT2D eigenvalue weighted by Crippen LogP contribution is -2.51. The van der Waals surface area contributed by atoms with Gasteiger partial charge in [0, 0.05) is 19.6 Å². The average molecular weight is 221 g/mol. The molecule has 0 aromatic rings. The maximum atomic E-state index is 9.59. The molecule has 1 heterocycles. The van der Waals surface area contributed by atoms with Gasteiger partial charge in [-0.15, -0.1) is 0 Å². The number of nitrogens with one attached hydrogen (secondary N) is 1. The highest BCUT2D eigenvalue weighted by atomic mass is 15.2. The van der Waals surface area contributed by atoms with E-state index in [1.54, 1.807) is 0 Å². The molecule has 1 saturated carbocycles. The van der Waals surface area contributed by atoms with Gasteiger partial charge >= 0.3 is 0 Å². The molecule has 16 heavy (non-hydrogen) atoms. The molecular weight excluding hydrogens is 198 g/mol. The Morgan fingerprint density at radius 1 is 1.31 bits per heavy atom. The summed E-state index contributed by atoms with van der Waals surface area (Å²) in [4.78, 5) is 2.45. The van der Waals surface area contributed by atoms with Crippen molar-refractivity contribution >= 4 is 0 Å². The third-order valence-corrected chi connectivity index (χ3v) is 4.13. The van der Waals surface area contributed by atoms with Crippen molar-refractivity contribution in [2.45, 2.75) is 44.6 Å². The van der Waals surface area contributed by atoms with Crippen LogP contribution >= 0.6 is 0 Å². The summed E-state index contributed by atoms with van der Waals surface area (Å²) in [6.45, 7) is 6.57. The van der Waals surface area contributed by atoms with E-state index in [4.69, 9.17) is 0 Å². The van der Waals surface area contributed by atoms with Gasteiger partial charge < -0.3 is 5.32 Å². The maximum Gasteiger partial charge on any atom is 0.109 e. The number of nitriles is 1. The van der Waals surface area contributed by atoms with Crippen LogP contribution in [0.5, 0.6) is 0 Å². The molecule has 3 nitrogen and oxygen atoms in total. The highest BCUT2D eigenvalue weighted by molar-refractivity contribution is 5.11.